The molecule has 8 heteroatoms. The van der Waals surface area contributed by atoms with E-state index in [-0.39, 0.29) is 6.04 Å². The summed E-state index contributed by atoms with van der Waals surface area (Å²) in [6, 6.07) is 16.3. The number of rotatable bonds is 6. The first-order valence-electron chi connectivity index (χ1n) is 7.64. The van der Waals surface area contributed by atoms with Crippen molar-refractivity contribution in [1.82, 2.24) is 10.2 Å². The lowest BCUT2D eigenvalue weighted by molar-refractivity contribution is 0.485. The molecular formula is C17H18N4O3S. The Morgan fingerprint density at radius 1 is 1.00 bits per heavy atom. The van der Waals surface area contributed by atoms with Crippen LogP contribution in [-0.4, -0.2) is 24.9 Å². The number of nitrogens with one attached hydrogen (secondary N) is 2. The van der Waals surface area contributed by atoms with Crippen LogP contribution in [0.1, 0.15) is 18.9 Å². The molecule has 7 nitrogen and oxygen atoms in total. The first-order valence-corrected chi connectivity index (χ1v) is 9.53. The van der Waals surface area contributed by atoms with Crippen LogP contribution in [0.3, 0.4) is 0 Å². The van der Waals surface area contributed by atoms with Gasteiger partial charge in [0.05, 0.1) is 11.9 Å². The third-order valence-corrected chi connectivity index (χ3v) is 3.99. The first-order chi connectivity index (χ1) is 11.9. The van der Waals surface area contributed by atoms with Crippen LogP contribution in [-0.2, 0) is 10.0 Å². The lowest BCUT2D eigenvalue weighted by atomic mass is 10.2. The predicted molar refractivity (Wildman–Crippen MR) is 96.7 cm³/mol. The predicted octanol–water partition coefficient (Wildman–Crippen LogP) is 3.28. The quantitative estimate of drug-likeness (QED) is 0.702. The summed E-state index contributed by atoms with van der Waals surface area (Å²) in [4.78, 5) is 0. The normalized spacial score (nSPS) is 12.6. The van der Waals surface area contributed by atoms with Crippen LogP contribution in [0.25, 0.3) is 11.5 Å². The number of aromatic nitrogens is 2. The van der Waals surface area contributed by atoms with E-state index < -0.39 is 10.0 Å². The minimum absolute atomic E-state index is 0.238. The number of benzene rings is 2. The van der Waals surface area contributed by atoms with E-state index in [1.54, 1.807) is 18.2 Å². The lowest BCUT2D eigenvalue weighted by Crippen LogP contribution is -2.10. The van der Waals surface area contributed by atoms with E-state index >= 15 is 0 Å². The van der Waals surface area contributed by atoms with Gasteiger partial charge in [-0.25, -0.2) is 8.42 Å². The molecule has 1 heterocycles. The second kappa shape index (κ2) is 6.94. The molecule has 0 bridgehead atoms. The molecule has 3 rings (SSSR count). The highest BCUT2D eigenvalue weighted by atomic mass is 32.2. The zero-order chi connectivity index (χ0) is 17.9. The van der Waals surface area contributed by atoms with Crippen molar-refractivity contribution in [1.29, 1.82) is 0 Å². The Hall–Kier alpha value is -2.87. The molecule has 2 N–H and O–H groups in total. The van der Waals surface area contributed by atoms with Crippen LogP contribution < -0.4 is 10.0 Å². The zero-order valence-corrected chi connectivity index (χ0v) is 14.6. The van der Waals surface area contributed by atoms with Crippen molar-refractivity contribution < 1.29 is 12.8 Å². The summed E-state index contributed by atoms with van der Waals surface area (Å²) in [7, 11) is -3.32. The van der Waals surface area contributed by atoms with E-state index in [0.717, 1.165) is 17.5 Å². The molecule has 1 aromatic heterocycles. The molecule has 0 amide bonds. The molecule has 3 aromatic rings. The number of sulfonamides is 1. The fraction of sp³-hybridized carbons (Fsp3) is 0.176. The molecule has 1 atom stereocenters. The van der Waals surface area contributed by atoms with E-state index in [4.69, 9.17) is 4.42 Å². The maximum Gasteiger partial charge on any atom is 0.247 e. The Morgan fingerprint density at radius 3 is 2.44 bits per heavy atom. The molecule has 0 aliphatic rings. The Morgan fingerprint density at radius 2 is 1.72 bits per heavy atom. The summed E-state index contributed by atoms with van der Waals surface area (Å²) in [5.41, 5.74) is 2.07. The number of anilines is 2. The standard InChI is InChI=1S/C17H18N4O3S/c1-12(16-19-20-17(24-16)13-7-4-3-5-8-13)18-14-9-6-10-15(11-14)21-25(2,22)23/h3-12,18,21H,1-2H3/t12-/m1/s1. The van der Waals surface area contributed by atoms with Gasteiger partial charge in [-0.1, -0.05) is 24.3 Å². The molecule has 0 unspecified atom stereocenters. The summed E-state index contributed by atoms with van der Waals surface area (Å²) >= 11 is 0. The van der Waals surface area contributed by atoms with E-state index in [1.807, 2.05) is 43.3 Å². The second-order valence-corrected chi connectivity index (χ2v) is 7.38. The van der Waals surface area contributed by atoms with Gasteiger partial charge < -0.3 is 9.73 Å². The monoisotopic (exact) mass is 358 g/mol. The van der Waals surface area contributed by atoms with Crippen LogP contribution in [0.5, 0.6) is 0 Å². The van der Waals surface area contributed by atoms with Gasteiger partial charge in [-0.05, 0) is 37.3 Å². The first kappa shape index (κ1) is 17.0. The highest BCUT2D eigenvalue weighted by Crippen LogP contribution is 2.24. The maximum absolute atomic E-state index is 11.3. The van der Waals surface area contributed by atoms with Crippen LogP contribution >= 0.6 is 0 Å². The summed E-state index contributed by atoms with van der Waals surface area (Å²) in [5, 5.41) is 11.4. The fourth-order valence-corrected chi connectivity index (χ4v) is 2.86. The molecule has 0 saturated carbocycles. The molecule has 0 saturated heterocycles. The van der Waals surface area contributed by atoms with E-state index in [2.05, 4.69) is 20.2 Å². The van der Waals surface area contributed by atoms with Gasteiger partial charge in [0, 0.05) is 11.3 Å². The lowest BCUT2D eigenvalue weighted by Gasteiger charge is -2.13. The molecule has 0 fully saturated rings. The average molecular weight is 358 g/mol. The topological polar surface area (TPSA) is 97.1 Å². The van der Waals surface area contributed by atoms with Crippen LogP contribution in [0.15, 0.2) is 59.0 Å². The van der Waals surface area contributed by atoms with Crippen molar-refractivity contribution in [3.63, 3.8) is 0 Å². The molecule has 0 aliphatic heterocycles. The molecule has 2 aromatic carbocycles. The van der Waals surface area contributed by atoms with Crippen LogP contribution in [0.4, 0.5) is 11.4 Å². The molecule has 0 radical (unpaired) electrons. The van der Waals surface area contributed by atoms with Crippen molar-refractivity contribution in [2.45, 2.75) is 13.0 Å². The SMILES string of the molecule is C[C@@H](Nc1cccc(NS(C)(=O)=O)c1)c1nnc(-c2ccccc2)o1. The zero-order valence-electron chi connectivity index (χ0n) is 13.8. The smallest absolute Gasteiger partial charge is 0.247 e. The highest BCUT2D eigenvalue weighted by Gasteiger charge is 2.15. The Bertz CT molecular complexity index is 955. The number of hydrogen-bond donors (Lipinski definition) is 2. The average Bonchev–Trinajstić information content (AvgIpc) is 3.04. The van der Waals surface area contributed by atoms with Crippen molar-refractivity contribution >= 4 is 21.4 Å². The Kier molecular flexibility index (Phi) is 4.71. The van der Waals surface area contributed by atoms with Gasteiger partial charge in [-0.15, -0.1) is 10.2 Å². The van der Waals surface area contributed by atoms with Gasteiger partial charge in [-0.3, -0.25) is 4.72 Å². The van der Waals surface area contributed by atoms with Crippen LogP contribution in [0.2, 0.25) is 0 Å². The van der Waals surface area contributed by atoms with Crippen LogP contribution in [0, 0.1) is 0 Å². The van der Waals surface area contributed by atoms with Gasteiger partial charge in [0.1, 0.15) is 6.04 Å². The summed E-state index contributed by atoms with van der Waals surface area (Å²) < 4.78 is 30.8. The minimum atomic E-state index is -3.32. The second-order valence-electron chi connectivity index (χ2n) is 5.63. The van der Waals surface area contributed by atoms with Crippen molar-refractivity contribution in [3.8, 4) is 11.5 Å². The van der Waals surface area contributed by atoms with Gasteiger partial charge in [0.25, 0.3) is 0 Å². The fourth-order valence-electron chi connectivity index (χ4n) is 2.31. The van der Waals surface area contributed by atoms with Crippen molar-refractivity contribution in [2.24, 2.45) is 0 Å². The Labute approximate surface area is 146 Å². The molecule has 0 spiro atoms. The van der Waals surface area contributed by atoms with E-state index in [0.29, 0.717) is 17.5 Å². The third-order valence-electron chi connectivity index (χ3n) is 3.38. The van der Waals surface area contributed by atoms with Gasteiger partial charge in [0.2, 0.25) is 21.8 Å². The summed E-state index contributed by atoms with van der Waals surface area (Å²) in [6.07, 6.45) is 1.11. The van der Waals surface area contributed by atoms with Gasteiger partial charge in [0.15, 0.2) is 0 Å². The summed E-state index contributed by atoms with van der Waals surface area (Å²) in [5.74, 6) is 0.900. The molecule has 130 valence electrons. The number of nitrogens with zero attached hydrogens (tertiary/aromatic N) is 2. The van der Waals surface area contributed by atoms with E-state index in [9.17, 15) is 8.42 Å². The minimum Gasteiger partial charge on any atom is -0.418 e. The van der Waals surface area contributed by atoms with Gasteiger partial charge in [-0.2, -0.15) is 0 Å². The number of hydrogen-bond acceptors (Lipinski definition) is 6. The van der Waals surface area contributed by atoms with Crippen molar-refractivity contribution in [3.05, 3.63) is 60.5 Å². The van der Waals surface area contributed by atoms with E-state index in [1.165, 1.54) is 0 Å². The third kappa shape index (κ3) is 4.57. The molecule has 0 aliphatic carbocycles. The highest BCUT2D eigenvalue weighted by molar-refractivity contribution is 7.92. The summed E-state index contributed by atoms with van der Waals surface area (Å²) in [6.45, 7) is 1.89. The molecule has 25 heavy (non-hydrogen) atoms. The largest absolute Gasteiger partial charge is 0.418 e. The maximum atomic E-state index is 11.3. The van der Waals surface area contributed by atoms with Crippen molar-refractivity contribution in [2.75, 3.05) is 16.3 Å². The Balaban J connectivity index is 1.74. The van der Waals surface area contributed by atoms with Gasteiger partial charge >= 0.3 is 0 Å². The molecular weight excluding hydrogens is 340 g/mol.